The van der Waals surface area contributed by atoms with E-state index < -0.39 is 0 Å². The largest absolute Gasteiger partial charge is 0.454 e. The second kappa shape index (κ2) is 11.6. The lowest BCUT2D eigenvalue weighted by Crippen LogP contribution is -2.00. The van der Waals surface area contributed by atoms with E-state index >= 15 is 0 Å². The monoisotopic (exact) mass is 630 g/mol. The van der Waals surface area contributed by atoms with E-state index in [4.69, 9.17) is 19.4 Å². The fourth-order valence-corrected chi connectivity index (χ4v) is 7.00. The molecule has 5 heteroatoms. The highest BCUT2D eigenvalue weighted by atomic mass is 16.3. The Bertz CT molecular complexity index is 2660. The van der Waals surface area contributed by atoms with Crippen molar-refractivity contribution in [1.29, 1.82) is 0 Å². The Morgan fingerprint density at radius 3 is 1.73 bits per heavy atom. The van der Waals surface area contributed by atoms with E-state index in [-0.39, 0.29) is 0 Å². The Morgan fingerprint density at radius 2 is 1.14 bits per heavy atom. The minimum Gasteiger partial charge on any atom is -0.454 e. The average Bonchev–Trinajstić information content (AvgIpc) is 3.72. The molecule has 3 heterocycles. The third kappa shape index (κ3) is 4.59. The van der Waals surface area contributed by atoms with Crippen molar-refractivity contribution in [3.05, 3.63) is 157 Å². The number of para-hydroxylation sites is 1. The molecule has 0 atom stereocenters. The summed E-state index contributed by atoms with van der Waals surface area (Å²) in [4.78, 5) is 15.0. The lowest BCUT2D eigenvalue weighted by atomic mass is 9.97. The zero-order valence-corrected chi connectivity index (χ0v) is 26.8. The molecule has 0 saturated heterocycles. The predicted molar refractivity (Wildman–Crippen MR) is 203 cm³/mol. The third-order valence-electron chi connectivity index (χ3n) is 9.11. The van der Waals surface area contributed by atoms with Crippen molar-refractivity contribution in [2.45, 2.75) is 6.92 Å². The van der Waals surface area contributed by atoms with Crippen molar-refractivity contribution in [3.63, 3.8) is 0 Å². The summed E-state index contributed by atoms with van der Waals surface area (Å²) >= 11 is 0. The molecule has 0 fully saturated rings. The molecule has 0 N–H and O–H groups in total. The molecule has 5 nitrogen and oxygen atoms in total. The van der Waals surface area contributed by atoms with Gasteiger partial charge in [0.05, 0.1) is 11.0 Å². The molecule has 0 bridgehead atoms. The minimum atomic E-state index is 0.614. The third-order valence-corrected chi connectivity index (χ3v) is 9.11. The van der Waals surface area contributed by atoms with Crippen LogP contribution in [0.1, 0.15) is 18.2 Å². The number of benzene rings is 6. The molecular formula is C44H30N4O. The molecule has 0 unspecified atom stereocenters. The Balaban J connectivity index is 1.41. The normalized spacial score (nSPS) is 11.8. The first-order valence-electron chi connectivity index (χ1n) is 16.4. The fourth-order valence-electron chi connectivity index (χ4n) is 7.00. The maximum atomic E-state index is 6.74. The van der Waals surface area contributed by atoms with Gasteiger partial charge in [-0.25, -0.2) is 15.0 Å². The molecule has 232 valence electrons. The Labute approximate surface area is 283 Å². The maximum absolute atomic E-state index is 6.74. The van der Waals surface area contributed by atoms with Crippen LogP contribution in [0.15, 0.2) is 151 Å². The summed E-state index contributed by atoms with van der Waals surface area (Å²) in [5.41, 5.74) is 7.76. The molecular weight excluding hydrogens is 601 g/mol. The van der Waals surface area contributed by atoms with Gasteiger partial charge in [0.1, 0.15) is 5.76 Å². The number of furan rings is 1. The number of rotatable bonds is 6. The van der Waals surface area contributed by atoms with Crippen LogP contribution in [-0.4, -0.2) is 19.5 Å². The predicted octanol–water partition coefficient (Wildman–Crippen LogP) is 11.5. The van der Waals surface area contributed by atoms with Crippen molar-refractivity contribution < 1.29 is 4.42 Å². The van der Waals surface area contributed by atoms with Gasteiger partial charge < -0.3 is 8.98 Å². The molecule has 0 spiro atoms. The Hall–Kier alpha value is -6.59. The number of hydrogen-bond donors (Lipinski definition) is 0. The lowest BCUT2D eigenvalue weighted by Gasteiger charge is -2.10. The molecule has 0 aliphatic rings. The second-order valence-electron chi connectivity index (χ2n) is 12.0. The first-order chi connectivity index (χ1) is 24.2. The van der Waals surface area contributed by atoms with Crippen LogP contribution in [0.3, 0.4) is 0 Å². The van der Waals surface area contributed by atoms with Crippen molar-refractivity contribution in [2.75, 3.05) is 0 Å². The van der Waals surface area contributed by atoms with Crippen LogP contribution in [0.2, 0.25) is 0 Å². The SMILES string of the molecule is C=Cc1oc2c(c1/C=C\C)c1ccccc1c1c3cc(-c4nc(-c5ccccc5)nc(-c5ccccc5)n4)ccc3n(-c3ccccc3)c21. The van der Waals surface area contributed by atoms with Crippen LogP contribution in [0, 0.1) is 0 Å². The van der Waals surface area contributed by atoms with Gasteiger partial charge in [-0.05, 0) is 54.1 Å². The number of allylic oxidation sites excluding steroid dienone is 1. The van der Waals surface area contributed by atoms with Gasteiger partial charge in [-0.1, -0.05) is 122 Å². The molecule has 9 aromatic rings. The first kappa shape index (κ1) is 28.6. The molecule has 3 aromatic heterocycles. The summed E-state index contributed by atoms with van der Waals surface area (Å²) in [5.74, 6) is 2.63. The summed E-state index contributed by atoms with van der Waals surface area (Å²) in [6, 6.07) is 45.7. The zero-order chi connectivity index (χ0) is 32.9. The maximum Gasteiger partial charge on any atom is 0.164 e. The van der Waals surface area contributed by atoms with Gasteiger partial charge >= 0.3 is 0 Å². The highest BCUT2D eigenvalue weighted by molar-refractivity contribution is 6.32. The van der Waals surface area contributed by atoms with E-state index in [0.717, 1.165) is 77.2 Å². The van der Waals surface area contributed by atoms with Gasteiger partial charge in [-0.15, -0.1) is 0 Å². The Morgan fingerprint density at radius 1 is 0.592 bits per heavy atom. The van der Waals surface area contributed by atoms with Crippen molar-refractivity contribution in [3.8, 4) is 39.9 Å². The number of hydrogen-bond acceptors (Lipinski definition) is 4. The molecule has 9 rings (SSSR count). The second-order valence-corrected chi connectivity index (χ2v) is 12.0. The van der Waals surface area contributed by atoms with Crippen LogP contribution in [0.5, 0.6) is 0 Å². The molecule has 0 aliphatic heterocycles. The van der Waals surface area contributed by atoms with Crippen LogP contribution in [-0.2, 0) is 0 Å². The van der Waals surface area contributed by atoms with E-state index in [0.29, 0.717) is 17.5 Å². The summed E-state index contributed by atoms with van der Waals surface area (Å²) in [7, 11) is 0. The number of nitrogens with zero attached hydrogens (tertiary/aromatic N) is 4. The van der Waals surface area contributed by atoms with Crippen LogP contribution < -0.4 is 0 Å². The van der Waals surface area contributed by atoms with E-state index in [2.05, 4.69) is 90.0 Å². The molecule has 6 aromatic carbocycles. The molecule has 0 saturated carbocycles. The van der Waals surface area contributed by atoms with Gasteiger partial charge in [-0.3, -0.25) is 0 Å². The van der Waals surface area contributed by atoms with Crippen LogP contribution >= 0.6 is 0 Å². The molecule has 0 amide bonds. The summed E-state index contributed by atoms with van der Waals surface area (Å²) in [6.07, 6.45) is 5.97. The van der Waals surface area contributed by atoms with E-state index in [1.165, 1.54) is 0 Å². The number of fused-ring (bicyclic) bond motifs is 8. The van der Waals surface area contributed by atoms with Crippen LogP contribution in [0.25, 0.3) is 95.6 Å². The highest BCUT2D eigenvalue weighted by Crippen LogP contribution is 2.46. The smallest absolute Gasteiger partial charge is 0.164 e. The molecule has 49 heavy (non-hydrogen) atoms. The van der Waals surface area contributed by atoms with E-state index in [1.54, 1.807) is 6.08 Å². The van der Waals surface area contributed by atoms with Gasteiger partial charge in [0.15, 0.2) is 23.1 Å². The van der Waals surface area contributed by atoms with Gasteiger partial charge in [-0.2, -0.15) is 0 Å². The van der Waals surface area contributed by atoms with Gasteiger partial charge in [0.25, 0.3) is 0 Å². The molecule has 0 radical (unpaired) electrons. The van der Waals surface area contributed by atoms with Crippen LogP contribution in [0.4, 0.5) is 0 Å². The quantitative estimate of drug-likeness (QED) is 0.183. The van der Waals surface area contributed by atoms with E-state index in [1.807, 2.05) is 73.7 Å². The summed E-state index contributed by atoms with van der Waals surface area (Å²) < 4.78 is 9.05. The van der Waals surface area contributed by atoms with Crippen molar-refractivity contribution in [1.82, 2.24) is 19.5 Å². The minimum absolute atomic E-state index is 0.614. The summed E-state index contributed by atoms with van der Waals surface area (Å²) in [6.45, 7) is 6.13. The topological polar surface area (TPSA) is 56.7 Å². The first-order valence-corrected chi connectivity index (χ1v) is 16.4. The zero-order valence-electron chi connectivity index (χ0n) is 26.8. The standard InChI is InChI=1S/C44H30N4O/c1-3-16-34-37(4-2)49-41-39(34)33-24-15-14-23-32(33)38-35-27-30(25-26-36(35)48(40(38)41)31-21-12-7-13-22-31)44-46-42(28-17-8-5-9-18-28)45-43(47-44)29-19-10-6-11-20-29/h3-27H,2H2,1H3/b16-3-. The lowest BCUT2D eigenvalue weighted by molar-refractivity contribution is 0.605. The van der Waals surface area contributed by atoms with E-state index in [9.17, 15) is 0 Å². The highest BCUT2D eigenvalue weighted by Gasteiger charge is 2.24. The molecule has 0 aliphatic carbocycles. The fraction of sp³-hybridized carbons (Fsp3) is 0.0227. The Kier molecular flexibility index (Phi) is 6.76. The average molecular weight is 631 g/mol. The summed E-state index contributed by atoms with van der Waals surface area (Å²) in [5, 5.41) is 5.55. The van der Waals surface area contributed by atoms with Crippen molar-refractivity contribution >= 4 is 55.7 Å². The number of aromatic nitrogens is 4. The van der Waals surface area contributed by atoms with Gasteiger partial charge in [0, 0.05) is 44.1 Å². The van der Waals surface area contributed by atoms with Crippen molar-refractivity contribution in [2.24, 2.45) is 0 Å². The van der Waals surface area contributed by atoms with Gasteiger partial charge in [0.2, 0.25) is 0 Å².